The van der Waals surface area contributed by atoms with Crippen molar-refractivity contribution in [2.45, 2.75) is 31.7 Å². The van der Waals surface area contributed by atoms with Crippen LogP contribution in [0.5, 0.6) is 0 Å². The molecule has 0 fully saturated rings. The molecule has 2 aromatic rings. The van der Waals surface area contributed by atoms with Gasteiger partial charge >= 0.3 is 0 Å². The van der Waals surface area contributed by atoms with E-state index in [2.05, 4.69) is 10.2 Å². The van der Waals surface area contributed by atoms with Crippen molar-refractivity contribution >= 4 is 29.0 Å². The van der Waals surface area contributed by atoms with Crippen LogP contribution in [0, 0.1) is 0 Å². The Morgan fingerprint density at radius 3 is 2.95 bits per heavy atom. The Labute approximate surface area is 132 Å². The van der Waals surface area contributed by atoms with Crippen LogP contribution in [-0.4, -0.2) is 38.4 Å². The summed E-state index contributed by atoms with van der Waals surface area (Å²) in [7, 11) is 1.82. The average molecular weight is 325 g/mol. The summed E-state index contributed by atoms with van der Waals surface area (Å²) in [5.41, 5.74) is 5.61. The van der Waals surface area contributed by atoms with Gasteiger partial charge in [-0.15, -0.1) is 21.5 Å². The zero-order valence-corrected chi connectivity index (χ0v) is 13.8. The second-order valence-electron chi connectivity index (χ2n) is 4.47. The first kappa shape index (κ1) is 16.0. The van der Waals surface area contributed by atoms with Crippen molar-refractivity contribution in [3.05, 3.63) is 28.2 Å². The van der Waals surface area contributed by atoms with Gasteiger partial charge in [0.05, 0.1) is 18.8 Å². The molecule has 2 rings (SSSR count). The molecule has 0 bridgehead atoms. The minimum absolute atomic E-state index is 0.0772. The van der Waals surface area contributed by atoms with Gasteiger partial charge in [0.1, 0.15) is 5.82 Å². The van der Waals surface area contributed by atoms with E-state index in [1.165, 1.54) is 16.6 Å². The minimum atomic E-state index is 0.0772. The zero-order valence-electron chi connectivity index (χ0n) is 12.2. The van der Waals surface area contributed by atoms with Gasteiger partial charge in [-0.2, -0.15) is 0 Å². The molecule has 0 spiro atoms. The molecule has 0 radical (unpaired) electrons. The summed E-state index contributed by atoms with van der Waals surface area (Å²) in [6.07, 6.45) is 0. The largest absolute Gasteiger partial charge is 0.340 e. The van der Waals surface area contributed by atoms with Gasteiger partial charge < -0.3 is 15.2 Å². The van der Waals surface area contributed by atoms with E-state index in [0.29, 0.717) is 18.8 Å². The molecular weight excluding hydrogens is 306 g/mol. The molecule has 0 unspecified atom stereocenters. The number of hydrogen-bond acceptors (Lipinski definition) is 6. The molecule has 0 saturated carbocycles. The van der Waals surface area contributed by atoms with E-state index in [9.17, 15) is 4.79 Å². The Bertz CT molecular complexity index is 581. The number of thioether (sulfide) groups is 1. The number of nitrogens with two attached hydrogens (primary N) is 1. The van der Waals surface area contributed by atoms with Crippen LogP contribution in [0.1, 0.15) is 17.6 Å². The number of rotatable bonds is 7. The summed E-state index contributed by atoms with van der Waals surface area (Å²) >= 11 is 3.06. The second-order valence-corrected chi connectivity index (χ2v) is 6.44. The van der Waals surface area contributed by atoms with Crippen molar-refractivity contribution < 1.29 is 4.79 Å². The fourth-order valence-corrected chi connectivity index (χ4v) is 3.57. The summed E-state index contributed by atoms with van der Waals surface area (Å²) < 4.78 is 1.94. The maximum absolute atomic E-state index is 12.1. The third-order valence-electron chi connectivity index (χ3n) is 3.02. The zero-order chi connectivity index (χ0) is 15.2. The Balaban J connectivity index is 1.90. The predicted octanol–water partition coefficient (Wildman–Crippen LogP) is 1.57. The highest BCUT2D eigenvalue weighted by Gasteiger charge is 2.14. The Hall–Kier alpha value is -1.38. The van der Waals surface area contributed by atoms with Gasteiger partial charge in [0, 0.05) is 18.5 Å². The third-order valence-corrected chi connectivity index (χ3v) is 4.83. The number of thiophene rings is 1. The van der Waals surface area contributed by atoms with Gasteiger partial charge in [-0.05, 0) is 18.4 Å². The van der Waals surface area contributed by atoms with Crippen LogP contribution < -0.4 is 5.73 Å². The van der Waals surface area contributed by atoms with Crippen molar-refractivity contribution in [1.82, 2.24) is 19.7 Å². The van der Waals surface area contributed by atoms with Crippen LogP contribution in [0.2, 0.25) is 0 Å². The molecular formula is C13H19N5OS2. The number of aromatic nitrogens is 3. The lowest BCUT2D eigenvalue weighted by molar-refractivity contribution is -0.127. The van der Waals surface area contributed by atoms with E-state index in [1.807, 2.05) is 36.1 Å². The first-order valence-corrected chi connectivity index (χ1v) is 8.53. The van der Waals surface area contributed by atoms with Gasteiger partial charge in [-0.1, -0.05) is 17.8 Å². The minimum Gasteiger partial charge on any atom is -0.340 e. The lowest BCUT2D eigenvalue weighted by atomic mass is 10.4. The normalized spacial score (nSPS) is 10.8. The molecule has 0 atom stereocenters. The molecule has 8 heteroatoms. The molecule has 0 saturated heterocycles. The standard InChI is InChI=1S/C13H19N5OS2/c1-3-18-11(7-14)15-16-13(18)21-9-12(19)17(2)8-10-5-4-6-20-10/h4-6H,3,7-9,14H2,1-2H3. The van der Waals surface area contributed by atoms with E-state index >= 15 is 0 Å². The SMILES string of the molecule is CCn1c(CN)nnc1SCC(=O)N(C)Cc1cccs1. The lowest BCUT2D eigenvalue weighted by Gasteiger charge is -2.15. The first-order valence-electron chi connectivity index (χ1n) is 6.67. The topological polar surface area (TPSA) is 77.0 Å². The fraction of sp³-hybridized carbons (Fsp3) is 0.462. The summed E-state index contributed by atoms with van der Waals surface area (Å²) in [5.74, 6) is 1.18. The van der Waals surface area contributed by atoms with Crippen molar-refractivity contribution in [1.29, 1.82) is 0 Å². The van der Waals surface area contributed by atoms with Crippen molar-refractivity contribution in [2.75, 3.05) is 12.8 Å². The highest BCUT2D eigenvalue weighted by molar-refractivity contribution is 7.99. The van der Waals surface area contributed by atoms with Crippen molar-refractivity contribution in [3.8, 4) is 0 Å². The van der Waals surface area contributed by atoms with Crippen LogP contribution in [0.25, 0.3) is 0 Å². The molecule has 2 aromatic heterocycles. The van der Waals surface area contributed by atoms with Gasteiger partial charge in [0.2, 0.25) is 5.91 Å². The molecule has 21 heavy (non-hydrogen) atoms. The van der Waals surface area contributed by atoms with E-state index in [0.717, 1.165) is 17.5 Å². The van der Waals surface area contributed by atoms with Gasteiger partial charge in [0.15, 0.2) is 5.16 Å². The molecule has 0 aliphatic heterocycles. The molecule has 1 amide bonds. The van der Waals surface area contributed by atoms with Gasteiger partial charge in [-0.25, -0.2) is 0 Å². The molecule has 114 valence electrons. The molecule has 2 heterocycles. The van der Waals surface area contributed by atoms with Crippen LogP contribution in [0.4, 0.5) is 0 Å². The summed E-state index contributed by atoms with van der Waals surface area (Å²) in [6.45, 7) is 3.76. The number of nitrogens with zero attached hydrogens (tertiary/aromatic N) is 4. The number of amides is 1. The van der Waals surface area contributed by atoms with Crippen molar-refractivity contribution in [3.63, 3.8) is 0 Å². The maximum Gasteiger partial charge on any atom is 0.233 e. The summed E-state index contributed by atoms with van der Waals surface area (Å²) in [5, 5.41) is 10.9. The maximum atomic E-state index is 12.1. The van der Waals surface area contributed by atoms with Crippen LogP contribution >= 0.6 is 23.1 Å². The quantitative estimate of drug-likeness (QED) is 0.782. The van der Waals surface area contributed by atoms with E-state index in [-0.39, 0.29) is 5.91 Å². The van der Waals surface area contributed by atoms with E-state index in [1.54, 1.807) is 16.2 Å². The van der Waals surface area contributed by atoms with Gasteiger partial charge in [-0.3, -0.25) is 4.79 Å². The molecule has 0 aliphatic rings. The number of hydrogen-bond donors (Lipinski definition) is 1. The highest BCUT2D eigenvalue weighted by atomic mass is 32.2. The van der Waals surface area contributed by atoms with Crippen LogP contribution in [0.3, 0.4) is 0 Å². The first-order chi connectivity index (χ1) is 10.2. The summed E-state index contributed by atoms with van der Waals surface area (Å²) in [6, 6.07) is 4.02. The van der Waals surface area contributed by atoms with Crippen molar-refractivity contribution in [2.24, 2.45) is 5.73 Å². The molecule has 6 nitrogen and oxygen atoms in total. The monoisotopic (exact) mass is 325 g/mol. The third kappa shape index (κ3) is 4.05. The Morgan fingerprint density at radius 2 is 2.33 bits per heavy atom. The molecule has 0 aliphatic carbocycles. The van der Waals surface area contributed by atoms with E-state index in [4.69, 9.17) is 5.73 Å². The Kier molecular flexibility index (Phi) is 5.77. The van der Waals surface area contributed by atoms with Gasteiger partial charge in [0.25, 0.3) is 0 Å². The number of carbonyl (C=O) groups is 1. The molecule has 2 N–H and O–H groups in total. The van der Waals surface area contributed by atoms with E-state index < -0.39 is 0 Å². The average Bonchev–Trinajstić information content (AvgIpc) is 3.12. The smallest absolute Gasteiger partial charge is 0.233 e. The summed E-state index contributed by atoms with van der Waals surface area (Å²) in [4.78, 5) is 15.1. The molecule has 0 aromatic carbocycles. The van der Waals surface area contributed by atoms with Crippen LogP contribution in [0.15, 0.2) is 22.7 Å². The predicted molar refractivity (Wildman–Crippen MR) is 85.1 cm³/mol. The second kappa shape index (κ2) is 7.58. The fourth-order valence-electron chi connectivity index (χ4n) is 1.86. The lowest BCUT2D eigenvalue weighted by Crippen LogP contribution is -2.27. The Morgan fingerprint density at radius 1 is 1.52 bits per heavy atom. The highest BCUT2D eigenvalue weighted by Crippen LogP contribution is 2.18. The van der Waals surface area contributed by atoms with Crippen LogP contribution in [-0.2, 0) is 24.4 Å². The number of carbonyl (C=O) groups excluding carboxylic acids is 1.